The number of aliphatic hydroxyl groups is 1. The highest BCUT2D eigenvalue weighted by Crippen LogP contribution is 2.23. The van der Waals surface area contributed by atoms with Crippen LogP contribution >= 0.6 is 0 Å². The van der Waals surface area contributed by atoms with Crippen LogP contribution in [0.15, 0.2) is 0 Å². The summed E-state index contributed by atoms with van der Waals surface area (Å²) in [5.41, 5.74) is -0.0882. The molecule has 0 amide bonds. The molecule has 0 aromatic rings. The molecule has 120 valence electrons. The van der Waals surface area contributed by atoms with Gasteiger partial charge in [-0.25, -0.2) is 0 Å². The number of nitrogens with one attached hydrogen (secondary N) is 1. The van der Waals surface area contributed by atoms with E-state index in [1.165, 1.54) is 38.6 Å². The topological polar surface area (TPSA) is 35.5 Å². The van der Waals surface area contributed by atoms with Gasteiger partial charge >= 0.3 is 0 Å². The molecule has 1 aliphatic heterocycles. The molecule has 1 rings (SSSR count). The summed E-state index contributed by atoms with van der Waals surface area (Å²) in [6.07, 6.45) is 8.75. The molecule has 1 saturated heterocycles. The summed E-state index contributed by atoms with van der Waals surface area (Å²) in [6, 6.07) is 1.50. The normalized spacial score (nSPS) is 27.4. The van der Waals surface area contributed by atoms with Crippen molar-refractivity contribution in [2.75, 3.05) is 19.7 Å². The number of hydrogen-bond acceptors (Lipinski definition) is 3. The average molecular weight is 284 g/mol. The third-order valence-corrected chi connectivity index (χ3v) is 4.92. The van der Waals surface area contributed by atoms with Crippen molar-refractivity contribution >= 4 is 0 Å². The number of piperidine rings is 1. The van der Waals surface area contributed by atoms with Crippen molar-refractivity contribution in [1.29, 1.82) is 0 Å². The van der Waals surface area contributed by atoms with Gasteiger partial charge in [0.2, 0.25) is 0 Å². The third-order valence-electron chi connectivity index (χ3n) is 4.92. The number of aliphatic hydroxyl groups excluding tert-OH is 1. The fraction of sp³-hybridized carbons (Fsp3) is 1.00. The Kier molecular flexibility index (Phi) is 8.08. The molecule has 1 unspecified atom stereocenters. The Labute approximate surface area is 126 Å². The average Bonchev–Trinajstić information content (AvgIpc) is 2.44. The van der Waals surface area contributed by atoms with E-state index in [4.69, 9.17) is 0 Å². The minimum absolute atomic E-state index is 0.0882. The lowest BCUT2D eigenvalue weighted by Gasteiger charge is -2.39. The Bertz CT molecular complexity index is 249. The van der Waals surface area contributed by atoms with Crippen molar-refractivity contribution in [3.8, 4) is 0 Å². The number of likely N-dealkylation sites (tertiary alicyclic amines) is 1. The molecular formula is C17H36N2O. The van der Waals surface area contributed by atoms with Crippen LogP contribution in [0, 0.1) is 0 Å². The fourth-order valence-electron chi connectivity index (χ4n) is 3.38. The second kappa shape index (κ2) is 9.01. The molecule has 0 bridgehead atoms. The second-order valence-electron chi connectivity index (χ2n) is 6.97. The van der Waals surface area contributed by atoms with Crippen molar-refractivity contribution in [3.63, 3.8) is 0 Å². The van der Waals surface area contributed by atoms with Crippen molar-refractivity contribution < 1.29 is 5.11 Å². The van der Waals surface area contributed by atoms with Crippen LogP contribution < -0.4 is 5.32 Å². The molecule has 1 fully saturated rings. The molecule has 1 heterocycles. The zero-order chi connectivity index (χ0) is 15.0. The van der Waals surface area contributed by atoms with Crippen LogP contribution in [0.5, 0.6) is 0 Å². The summed E-state index contributed by atoms with van der Waals surface area (Å²) in [6.45, 7) is 11.5. The van der Waals surface area contributed by atoms with E-state index >= 15 is 0 Å². The molecule has 3 nitrogen and oxygen atoms in total. The highest BCUT2D eigenvalue weighted by Gasteiger charge is 2.25. The first kappa shape index (κ1) is 17.9. The van der Waals surface area contributed by atoms with Gasteiger partial charge in [0.05, 0.1) is 6.61 Å². The van der Waals surface area contributed by atoms with Gasteiger partial charge in [-0.15, -0.1) is 0 Å². The van der Waals surface area contributed by atoms with Gasteiger partial charge in [0.15, 0.2) is 0 Å². The van der Waals surface area contributed by atoms with Gasteiger partial charge in [0.25, 0.3) is 0 Å². The first-order valence-corrected chi connectivity index (χ1v) is 8.64. The zero-order valence-corrected chi connectivity index (χ0v) is 14.1. The van der Waals surface area contributed by atoms with E-state index in [-0.39, 0.29) is 12.1 Å². The van der Waals surface area contributed by atoms with Gasteiger partial charge in [0.1, 0.15) is 0 Å². The summed E-state index contributed by atoms with van der Waals surface area (Å²) < 4.78 is 0. The Morgan fingerprint density at radius 2 is 1.85 bits per heavy atom. The van der Waals surface area contributed by atoms with Crippen LogP contribution in [0.25, 0.3) is 0 Å². The van der Waals surface area contributed by atoms with Crippen LogP contribution in [-0.4, -0.2) is 47.3 Å². The summed E-state index contributed by atoms with van der Waals surface area (Å²) in [5, 5.41) is 13.1. The third kappa shape index (κ3) is 5.71. The number of hydrogen-bond donors (Lipinski definition) is 2. The monoisotopic (exact) mass is 284 g/mol. The van der Waals surface area contributed by atoms with Gasteiger partial charge in [-0.1, -0.05) is 19.8 Å². The number of nitrogens with zero attached hydrogens (tertiary/aromatic N) is 1. The van der Waals surface area contributed by atoms with Gasteiger partial charge in [-0.3, -0.25) is 4.90 Å². The van der Waals surface area contributed by atoms with Crippen molar-refractivity contribution in [2.45, 2.75) is 90.3 Å². The standard InChI is InChI=1S/C17H36N2O/c1-5-12-18-17(4,14-20)11-6-7-13-19-15(2)9-8-10-16(19)3/h15-16,18,20H,5-14H2,1-4H3/t15-,16+,17?. The maximum Gasteiger partial charge on any atom is 0.0610 e. The van der Waals surface area contributed by atoms with Gasteiger partial charge in [0, 0.05) is 17.6 Å². The minimum Gasteiger partial charge on any atom is -0.394 e. The SMILES string of the molecule is CCCNC(C)(CO)CCCCN1[C@H](C)CCC[C@@H]1C. The Morgan fingerprint density at radius 3 is 2.40 bits per heavy atom. The molecule has 0 radical (unpaired) electrons. The fourth-order valence-corrected chi connectivity index (χ4v) is 3.38. The Morgan fingerprint density at radius 1 is 1.20 bits per heavy atom. The van der Waals surface area contributed by atoms with Gasteiger partial charge in [-0.2, -0.15) is 0 Å². The van der Waals surface area contributed by atoms with Crippen LogP contribution in [0.4, 0.5) is 0 Å². The summed E-state index contributed by atoms with van der Waals surface area (Å²) in [4.78, 5) is 2.68. The highest BCUT2D eigenvalue weighted by atomic mass is 16.3. The lowest BCUT2D eigenvalue weighted by atomic mass is 9.94. The van der Waals surface area contributed by atoms with E-state index in [0.29, 0.717) is 0 Å². The van der Waals surface area contributed by atoms with Crippen LogP contribution in [0.2, 0.25) is 0 Å². The molecule has 0 aromatic heterocycles. The Balaban J connectivity index is 2.25. The number of unbranched alkanes of at least 4 members (excludes halogenated alkanes) is 1. The molecular weight excluding hydrogens is 248 g/mol. The maximum atomic E-state index is 9.57. The molecule has 3 heteroatoms. The zero-order valence-electron chi connectivity index (χ0n) is 14.1. The van der Waals surface area contributed by atoms with Crippen molar-refractivity contribution in [1.82, 2.24) is 10.2 Å². The van der Waals surface area contributed by atoms with Crippen molar-refractivity contribution in [2.24, 2.45) is 0 Å². The predicted octanol–water partition coefficient (Wildman–Crippen LogP) is 3.17. The van der Waals surface area contributed by atoms with E-state index < -0.39 is 0 Å². The Hall–Kier alpha value is -0.120. The van der Waals surface area contributed by atoms with E-state index in [1.807, 2.05) is 0 Å². The minimum atomic E-state index is -0.0882. The molecule has 2 N–H and O–H groups in total. The van der Waals surface area contributed by atoms with E-state index in [1.54, 1.807) is 0 Å². The smallest absolute Gasteiger partial charge is 0.0610 e. The molecule has 0 spiro atoms. The first-order valence-electron chi connectivity index (χ1n) is 8.64. The van der Waals surface area contributed by atoms with Crippen LogP contribution in [0.3, 0.4) is 0 Å². The quantitative estimate of drug-likeness (QED) is 0.638. The molecule has 0 aromatic carbocycles. The largest absolute Gasteiger partial charge is 0.394 e. The number of rotatable bonds is 9. The summed E-state index contributed by atoms with van der Waals surface area (Å²) in [5.74, 6) is 0. The lowest BCUT2D eigenvalue weighted by Crippen LogP contribution is -2.46. The molecule has 3 atom stereocenters. The van der Waals surface area contributed by atoms with E-state index in [0.717, 1.165) is 31.5 Å². The van der Waals surface area contributed by atoms with Gasteiger partial charge in [-0.05, 0) is 66.0 Å². The summed E-state index contributed by atoms with van der Waals surface area (Å²) in [7, 11) is 0. The van der Waals surface area contributed by atoms with Crippen LogP contribution in [-0.2, 0) is 0 Å². The molecule has 0 saturated carbocycles. The van der Waals surface area contributed by atoms with E-state index in [2.05, 4.69) is 37.9 Å². The molecule has 20 heavy (non-hydrogen) atoms. The highest BCUT2D eigenvalue weighted by molar-refractivity contribution is 4.83. The second-order valence-corrected chi connectivity index (χ2v) is 6.97. The van der Waals surface area contributed by atoms with Crippen molar-refractivity contribution in [3.05, 3.63) is 0 Å². The molecule has 0 aliphatic carbocycles. The maximum absolute atomic E-state index is 9.57. The van der Waals surface area contributed by atoms with E-state index in [9.17, 15) is 5.11 Å². The lowest BCUT2D eigenvalue weighted by molar-refractivity contribution is 0.0984. The summed E-state index contributed by atoms with van der Waals surface area (Å²) >= 11 is 0. The van der Waals surface area contributed by atoms with Gasteiger partial charge < -0.3 is 10.4 Å². The first-order chi connectivity index (χ1) is 9.52. The predicted molar refractivity (Wildman–Crippen MR) is 87.1 cm³/mol. The molecule has 1 aliphatic rings. The van der Waals surface area contributed by atoms with Crippen LogP contribution in [0.1, 0.15) is 72.6 Å².